The van der Waals surface area contributed by atoms with Crippen molar-refractivity contribution in [3.8, 4) is 5.75 Å². The third kappa shape index (κ3) is 6.25. The Morgan fingerprint density at radius 2 is 1.89 bits per heavy atom. The van der Waals surface area contributed by atoms with E-state index in [-0.39, 0.29) is 5.91 Å². The zero-order valence-electron chi connectivity index (χ0n) is 11.8. The van der Waals surface area contributed by atoms with Crippen molar-refractivity contribution in [2.75, 3.05) is 26.9 Å². The first kappa shape index (κ1) is 15.5. The number of benzene rings is 1. The van der Waals surface area contributed by atoms with Crippen LogP contribution in [-0.4, -0.2) is 32.8 Å². The van der Waals surface area contributed by atoms with Crippen LogP contribution in [0.1, 0.15) is 36.5 Å². The van der Waals surface area contributed by atoms with Gasteiger partial charge in [0.15, 0.2) is 0 Å². The van der Waals surface area contributed by atoms with Gasteiger partial charge >= 0.3 is 0 Å². The lowest BCUT2D eigenvalue weighted by Crippen LogP contribution is -2.25. The molecule has 0 unspecified atom stereocenters. The Labute approximate surface area is 115 Å². The second kappa shape index (κ2) is 9.39. The highest BCUT2D eigenvalue weighted by Crippen LogP contribution is 2.12. The van der Waals surface area contributed by atoms with Gasteiger partial charge in [-0.1, -0.05) is 13.3 Å². The summed E-state index contributed by atoms with van der Waals surface area (Å²) in [6, 6.07) is 7.24. The Bertz CT molecular complexity index is 362. The van der Waals surface area contributed by atoms with Crippen molar-refractivity contribution in [3.05, 3.63) is 29.8 Å². The fraction of sp³-hybridized carbons (Fsp3) is 0.533. The normalized spacial score (nSPS) is 10.2. The predicted molar refractivity (Wildman–Crippen MR) is 75.7 cm³/mol. The summed E-state index contributed by atoms with van der Waals surface area (Å²) in [7, 11) is 1.65. The molecule has 0 spiro atoms. The van der Waals surface area contributed by atoms with Crippen molar-refractivity contribution in [1.82, 2.24) is 5.32 Å². The van der Waals surface area contributed by atoms with Crippen molar-refractivity contribution < 1.29 is 14.3 Å². The molecular formula is C15H23NO3. The second-order valence-corrected chi connectivity index (χ2v) is 4.33. The summed E-state index contributed by atoms with van der Waals surface area (Å²) in [5, 5.41) is 2.85. The molecule has 0 saturated heterocycles. The van der Waals surface area contributed by atoms with Gasteiger partial charge in [0.05, 0.1) is 6.61 Å². The van der Waals surface area contributed by atoms with Crippen molar-refractivity contribution in [1.29, 1.82) is 0 Å². The summed E-state index contributed by atoms with van der Waals surface area (Å²) < 4.78 is 10.5. The molecule has 1 aromatic rings. The first-order valence-electron chi connectivity index (χ1n) is 6.78. The average molecular weight is 265 g/mol. The maximum absolute atomic E-state index is 11.8. The summed E-state index contributed by atoms with van der Waals surface area (Å²) >= 11 is 0. The number of carbonyl (C=O) groups is 1. The van der Waals surface area contributed by atoms with Gasteiger partial charge in [0.25, 0.3) is 5.91 Å². The van der Waals surface area contributed by atoms with Gasteiger partial charge in [0.1, 0.15) is 5.75 Å². The molecule has 0 aliphatic carbocycles. The Morgan fingerprint density at radius 3 is 2.53 bits per heavy atom. The molecule has 19 heavy (non-hydrogen) atoms. The van der Waals surface area contributed by atoms with E-state index in [4.69, 9.17) is 9.47 Å². The van der Waals surface area contributed by atoms with Crippen LogP contribution in [-0.2, 0) is 4.74 Å². The van der Waals surface area contributed by atoms with Gasteiger partial charge in [0, 0.05) is 25.8 Å². The molecule has 1 aromatic carbocycles. The fourth-order valence-corrected chi connectivity index (χ4v) is 1.56. The number of ether oxygens (including phenoxy) is 2. The minimum Gasteiger partial charge on any atom is -0.494 e. The summed E-state index contributed by atoms with van der Waals surface area (Å²) in [6.07, 6.45) is 2.98. The summed E-state index contributed by atoms with van der Waals surface area (Å²) in [4.78, 5) is 11.8. The maximum atomic E-state index is 11.8. The van der Waals surface area contributed by atoms with Crippen molar-refractivity contribution in [2.45, 2.75) is 26.2 Å². The summed E-state index contributed by atoms with van der Waals surface area (Å²) in [5.41, 5.74) is 0.653. The Kier molecular flexibility index (Phi) is 7.66. The predicted octanol–water partition coefficient (Wildman–Crippen LogP) is 2.63. The van der Waals surface area contributed by atoms with E-state index in [1.807, 2.05) is 12.1 Å². The SMILES string of the molecule is CCCCOc1ccc(C(=O)NCCCOC)cc1. The Morgan fingerprint density at radius 1 is 1.16 bits per heavy atom. The molecule has 1 rings (SSSR count). The number of hydrogen-bond donors (Lipinski definition) is 1. The number of hydrogen-bond acceptors (Lipinski definition) is 3. The van der Waals surface area contributed by atoms with Crippen molar-refractivity contribution in [2.24, 2.45) is 0 Å². The summed E-state index contributed by atoms with van der Waals surface area (Å²) in [6.45, 7) is 4.13. The number of nitrogens with one attached hydrogen (secondary N) is 1. The van der Waals surface area contributed by atoms with Crippen LogP contribution in [0.3, 0.4) is 0 Å². The smallest absolute Gasteiger partial charge is 0.251 e. The highest BCUT2D eigenvalue weighted by molar-refractivity contribution is 5.94. The van der Waals surface area contributed by atoms with Gasteiger partial charge in [-0.2, -0.15) is 0 Å². The molecular weight excluding hydrogens is 242 g/mol. The minimum absolute atomic E-state index is 0.0591. The lowest BCUT2D eigenvalue weighted by molar-refractivity contribution is 0.0948. The van der Waals surface area contributed by atoms with Gasteiger partial charge in [0.2, 0.25) is 0 Å². The van der Waals surface area contributed by atoms with Gasteiger partial charge in [-0.05, 0) is 37.1 Å². The molecule has 0 heterocycles. The molecule has 1 amide bonds. The molecule has 0 atom stereocenters. The molecule has 0 fully saturated rings. The molecule has 0 bridgehead atoms. The monoisotopic (exact) mass is 265 g/mol. The fourth-order valence-electron chi connectivity index (χ4n) is 1.56. The van der Waals surface area contributed by atoms with Crippen molar-refractivity contribution in [3.63, 3.8) is 0 Å². The van der Waals surface area contributed by atoms with E-state index >= 15 is 0 Å². The zero-order chi connectivity index (χ0) is 13.9. The molecule has 0 radical (unpaired) electrons. The third-order valence-corrected chi connectivity index (χ3v) is 2.69. The molecule has 1 N–H and O–H groups in total. The van der Waals surface area contributed by atoms with E-state index in [0.29, 0.717) is 18.7 Å². The van der Waals surface area contributed by atoms with E-state index in [9.17, 15) is 4.79 Å². The highest BCUT2D eigenvalue weighted by atomic mass is 16.5. The van der Waals surface area contributed by atoms with Gasteiger partial charge in [-0.15, -0.1) is 0 Å². The molecule has 0 saturated carbocycles. The number of methoxy groups -OCH3 is 1. The maximum Gasteiger partial charge on any atom is 0.251 e. The number of unbranched alkanes of at least 4 members (excludes halogenated alkanes) is 1. The van der Waals surface area contributed by atoms with Gasteiger partial charge in [-0.25, -0.2) is 0 Å². The van der Waals surface area contributed by atoms with Crippen LogP contribution in [0.2, 0.25) is 0 Å². The first-order valence-corrected chi connectivity index (χ1v) is 6.78. The van der Waals surface area contributed by atoms with Crippen LogP contribution in [0, 0.1) is 0 Å². The van der Waals surface area contributed by atoms with Gasteiger partial charge in [-0.3, -0.25) is 4.79 Å². The molecule has 0 aromatic heterocycles. The van der Waals surface area contributed by atoms with Crippen LogP contribution < -0.4 is 10.1 Å². The Balaban J connectivity index is 2.35. The molecule has 4 nitrogen and oxygen atoms in total. The van der Waals surface area contributed by atoms with Crippen LogP contribution in [0.4, 0.5) is 0 Å². The topological polar surface area (TPSA) is 47.6 Å². The van der Waals surface area contributed by atoms with E-state index < -0.39 is 0 Å². The van der Waals surface area contributed by atoms with Crippen LogP contribution in [0.25, 0.3) is 0 Å². The summed E-state index contributed by atoms with van der Waals surface area (Å²) in [5.74, 6) is 0.751. The van der Waals surface area contributed by atoms with Crippen molar-refractivity contribution >= 4 is 5.91 Å². The van der Waals surface area contributed by atoms with Crippen LogP contribution in [0.5, 0.6) is 5.75 Å². The second-order valence-electron chi connectivity index (χ2n) is 4.33. The molecule has 4 heteroatoms. The van der Waals surface area contributed by atoms with E-state index in [1.165, 1.54) is 0 Å². The minimum atomic E-state index is -0.0591. The molecule has 0 aliphatic rings. The largest absolute Gasteiger partial charge is 0.494 e. The zero-order valence-corrected chi connectivity index (χ0v) is 11.8. The van der Waals surface area contributed by atoms with E-state index in [0.717, 1.165) is 31.6 Å². The lowest BCUT2D eigenvalue weighted by atomic mass is 10.2. The van der Waals surface area contributed by atoms with E-state index in [2.05, 4.69) is 12.2 Å². The third-order valence-electron chi connectivity index (χ3n) is 2.69. The molecule has 0 aliphatic heterocycles. The lowest BCUT2D eigenvalue weighted by Gasteiger charge is -2.07. The van der Waals surface area contributed by atoms with E-state index in [1.54, 1.807) is 19.2 Å². The Hall–Kier alpha value is -1.55. The molecule has 106 valence electrons. The van der Waals surface area contributed by atoms with Gasteiger partial charge < -0.3 is 14.8 Å². The number of carbonyl (C=O) groups excluding carboxylic acids is 1. The van der Waals surface area contributed by atoms with Crippen LogP contribution >= 0.6 is 0 Å². The number of rotatable bonds is 9. The number of amides is 1. The van der Waals surface area contributed by atoms with Crippen LogP contribution in [0.15, 0.2) is 24.3 Å². The highest BCUT2D eigenvalue weighted by Gasteiger charge is 2.04. The standard InChI is InChI=1S/C15H23NO3/c1-3-4-12-19-14-8-6-13(7-9-14)15(17)16-10-5-11-18-2/h6-9H,3-5,10-12H2,1-2H3,(H,16,17). The first-order chi connectivity index (χ1) is 9.27. The quantitative estimate of drug-likeness (QED) is 0.698. The average Bonchev–Trinajstić information content (AvgIpc) is 2.44.